The molecule has 3 aliphatic rings. The maximum atomic E-state index is 14.1. The Bertz CT molecular complexity index is 1510. The van der Waals surface area contributed by atoms with E-state index in [0.29, 0.717) is 44.3 Å². The summed E-state index contributed by atoms with van der Waals surface area (Å²) in [5.74, 6) is -1.23. The molecule has 0 saturated heterocycles. The molecule has 0 radical (unpaired) electrons. The van der Waals surface area contributed by atoms with Gasteiger partial charge >= 0.3 is 5.97 Å². The van der Waals surface area contributed by atoms with Gasteiger partial charge in [0.15, 0.2) is 5.78 Å². The number of fused-ring (bicyclic) bond motifs is 3. The zero-order chi connectivity index (χ0) is 27.7. The molecule has 1 aliphatic carbocycles. The molecule has 2 aromatic carbocycles. The number of carbonyl (C=O) groups excluding carboxylic acids is 3. The molecule has 10 heteroatoms. The second kappa shape index (κ2) is 8.88. The Labute approximate surface area is 233 Å². The first kappa shape index (κ1) is 26.3. The van der Waals surface area contributed by atoms with Gasteiger partial charge in [-0.25, -0.2) is 4.79 Å². The number of nitrogens with one attached hydrogen (secondary N) is 1. The highest BCUT2D eigenvalue weighted by atomic mass is 79.9. The Morgan fingerprint density at radius 3 is 2.53 bits per heavy atom. The Hall–Kier alpha value is -3.30. The van der Waals surface area contributed by atoms with Crippen molar-refractivity contribution in [3.8, 4) is 5.75 Å². The molecule has 1 unspecified atom stereocenters. The van der Waals surface area contributed by atoms with E-state index in [2.05, 4.69) is 21.2 Å². The molecule has 1 atom stereocenters. The van der Waals surface area contributed by atoms with Crippen molar-refractivity contribution in [1.29, 1.82) is 0 Å². The minimum Gasteiger partial charge on any atom is -0.495 e. The number of rotatable bonds is 3. The van der Waals surface area contributed by atoms with Crippen LogP contribution >= 0.6 is 27.5 Å². The van der Waals surface area contributed by atoms with Gasteiger partial charge in [0.05, 0.1) is 19.9 Å². The summed E-state index contributed by atoms with van der Waals surface area (Å²) in [4.78, 5) is 43.4. The Kier molecular flexibility index (Phi) is 6.15. The van der Waals surface area contributed by atoms with Crippen molar-refractivity contribution in [3.05, 3.63) is 73.6 Å². The fourth-order valence-electron chi connectivity index (χ4n) is 5.87. The maximum absolute atomic E-state index is 14.1. The average Bonchev–Trinajstić information content (AvgIpc) is 3.11. The molecular weight excluding hydrogens is 574 g/mol. The van der Waals surface area contributed by atoms with E-state index in [4.69, 9.17) is 26.8 Å². The van der Waals surface area contributed by atoms with Gasteiger partial charge in [-0.1, -0.05) is 41.4 Å². The average molecular weight is 601 g/mol. The van der Waals surface area contributed by atoms with Gasteiger partial charge < -0.3 is 20.5 Å². The monoisotopic (exact) mass is 599 g/mol. The SMILES string of the molecule is COC(=O)C1=C(N)N(c2cc(C)c(Cl)cc2OC)C2=C(C(=O)CC(C)(C)C2)C12C(=O)Nc1ccc(Br)cc12. The number of nitrogens with zero attached hydrogens (tertiary/aromatic N) is 1. The second-order valence-corrected chi connectivity index (χ2v) is 11.8. The molecule has 2 aromatic rings. The highest BCUT2D eigenvalue weighted by Gasteiger charge is 2.63. The topological polar surface area (TPSA) is 111 Å². The molecule has 1 amide bonds. The smallest absolute Gasteiger partial charge is 0.339 e. The summed E-state index contributed by atoms with van der Waals surface area (Å²) in [7, 11) is 2.72. The van der Waals surface area contributed by atoms with Crippen LogP contribution in [0.3, 0.4) is 0 Å². The lowest BCUT2D eigenvalue weighted by Crippen LogP contribution is -2.54. The van der Waals surface area contributed by atoms with Gasteiger partial charge in [-0.05, 0) is 48.6 Å². The van der Waals surface area contributed by atoms with Gasteiger partial charge in [0.1, 0.15) is 22.6 Å². The highest BCUT2D eigenvalue weighted by molar-refractivity contribution is 9.10. The number of hydrogen-bond acceptors (Lipinski definition) is 7. The van der Waals surface area contributed by atoms with E-state index in [1.165, 1.54) is 14.2 Å². The summed E-state index contributed by atoms with van der Waals surface area (Å²) in [5.41, 5.74) is 7.43. The Balaban J connectivity index is 1.96. The van der Waals surface area contributed by atoms with E-state index in [-0.39, 0.29) is 29.2 Å². The molecule has 1 spiro atoms. The number of Topliss-reactive ketones (excluding diaryl/α,β-unsaturated/α-hetero) is 1. The summed E-state index contributed by atoms with van der Waals surface area (Å²) in [5, 5.41) is 3.36. The number of carbonyl (C=O) groups is 3. The van der Waals surface area contributed by atoms with Crippen LogP contribution in [-0.4, -0.2) is 31.9 Å². The molecule has 5 rings (SSSR count). The van der Waals surface area contributed by atoms with Crippen molar-refractivity contribution >= 4 is 56.6 Å². The number of amides is 1. The zero-order valence-corrected chi connectivity index (χ0v) is 24.0. The molecule has 2 aliphatic heterocycles. The predicted octanol–water partition coefficient (Wildman–Crippen LogP) is 5.12. The lowest BCUT2D eigenvalue weighted by molar-refractivity contribution is -0.138. The lowest BCUT2D eigenvalue weighted by Gasteiger charge is -2.47. The van der Waals surface area contributed by atoms with Crippen LogP contribution in [-0.2, 0) is 24.5 Å². The number of hydrogen-bond donors (Lipinski definition) is 2. The van der Waals surface area contributed by atoms with Gasteiger partial charge in [-0.3, -0.25) is 14.5 Å². The molecule has 198 valence electrons. The van der Waals surface area contributed by atoms with Gasteiger partial charge in [-0.15, -0.1) is 0 Å². The standard InChI is InChI=1S/C28H27BrClN3O5/c1-13-8-18(21(37-4)10-16(13)30)33-19-11-27(2,3)12-20(34)22(19)28(23(24(33)31)25(35)38-5)15-9-14(29)6-7-17(15)32-26(28)36/h6-10H,11-12,31H2,1-5H3,(H,32,36). The number of aryl methyl sites for hydroxylation is 1. The van der Waals surface area contributed by atoms with Crippen LogP contribution in [0.25, 0.3) is 0 Å². The third-order valence-corrected chi connectivity index (χ3v) is 8.33. The van der Waals surface area contributed by atoms with Gasteiger partial charge in [0.25, 0.3) is 0 Å². The van der Waals surface area contributed by atoms with E-state index in [9.17, 15) is 14.4 Å². The largest absolute Gasteiger partial charge is 0.495 e. The van der Waals surface area contributed by atoms with Gasteiger partial charge in [0, 0.05) is 44.5 Å². The first-order valence-corrected chi connectivity index (χ1v) is 13.2. The number of allylic oxidation sites excluding steroid dienone is 1. The van der Waals surface area contributed by atoms with Crippen molar-refractivity contribution in [2.75, 3.05) is 24.4 Å². The van der Waals surface area contributed by atoms with Crippen LogP contribution in [0.5, 0.6) is 5.75 Å². The molecule has 2 heterocycles. The van der Waals surface area contributed by atoms with Crippen molar-refractivity contribution in [3.63, 3.8) is 0 Å². The third kappa shape index (κ3) is 3.59. The van der Waals surface area contributed by atoms with Crippen LogP contribution in [0.4, 0.5) is 11.4 Å². The zero-order valence-electron chi connectivity index (χ0n) is 21.6. The van der Waals surface area contributed by atoms with E-state index in [1.54, 1.807) is 35.2 Å². The molecule has 0 fully saturated rings. The molecule has 3 N–H and O–H groups in total. The van der Waals surface area contributed by atoms with Crippen molar-refractivity contribution < 1.29 is 23.9 Å². The van der Waals surface area contributed by atoms with Crippen LogP contribution in [0.2, 0.25) is 5.02 Å². The molecule has 0 saturated carbocycles. The summed E-state index contributed by atoms with van der Waals surface area (Å²) in [6.45, 7) is 5.80. The first-order valence-electron chi connectivity index (χ1n) is 12.0. The van der Waals surface area contributed by atoms with Gasteiger partial charge in [-0.2, -0.15) is 0 Å². The van der Waals surface area contributed by atoms with Crippen molar-refractivity contribution in [1.82, 2.24) is 0 Å². The van der Waals surface area contributed by atoms with E-state index >= 15 is 0 Å². The number of esters is 1. The van der Waals surface area contributed by atoms with Crippen LogP contribution in [0.15, 0.2) is 57.5 Å². The molecular formula is C28H27BrClN3O5. The normalized spacial score (nSPS) is 21.9. The van der Waals surface area contributed by atoms with Crippen LogP contribution < -0.4 is 20.7 Å². The number of ketones is 1. The van der Waals surface area contributed by atoms with Crippen molar-refractivity contribution in [2.45, 2.75) is 39.0 Å². The molecule has 0 bridgehead atoms. The number of ether oxygens (including phenoxy) is 2. The van der Waals surface area contributed by atoms with Crippen LogP contribution in [0.1, 0.15) is 37.8 Å². The minimum absolute atomic E-state index is 0.0240. The second-order valence-electron chi connectivity index (χ2n) is 10.5. The number of benzene rings is 2. The minimum atomic E-state index is -1.79. The fraction of sp³-hybridized carbons (Fsp3) is 0.321. The summed E-state index contributed by atoms with van der Waals surface area (Å²) in [6.07, 6.45) is 0.593. The van der Waals surface area contributed by atoms with E-state index < -0.39 is 22.7 Å². The maximum Gasteiger partial charge on any atom is 0.339 e. The van der Waals surface area contributed by atoms with Crippen molar-refractivity contribution in [2.24, 2.45) is 11.1 Å². The number of nitrogens with two attached hydrogens (primary N) is 1. The van der Waals surface area contributed by atoms with E-state index in [1.807, 2.05) is 20.8 Å². The fourth-order valence-corrected chi connectivity index (χ4v) is 6.39. The third-order valence-electron chi connectivity index (χ3n) is 7.43. The molecule has 8 nitrogen and oxygen atoms in total. The van der Waals surface area contributed by atoms with Gasteiger partial charge in [0.2, 0.25) is 5.91 Å². The number of methoxy groups -OCH3 is 2. The quantitative estimate of drug-likeness (QED) is 0.471. The summed E-state index contributed by atoms with van der Waals surface area (Å²) in [6, 6.07) is 8.69. The predicted molar refractivity (Wildman–Crippen MR) is 148 cm³/mol. The molecule has 38 heavy (non-hydrogen) atoms. The number of halogens is 2. The summed E-state index contributed by atoms with van der Waals surface area (Å²) >= 11 is 9.88. The van der Waals surface area contributed by atoms with Crippen LogP contribution in [0, 0.1) is 12.3 Å². The van der Waals surface area contributed by atoms with E-state index in [0.717, 1.165) is 5.56 Å². The number of anilines is 2. The summed E-state index contributed by atoms with van der Waals surface area (Å²) < 4.78 is 11.5. The lowest BCUT2D eigenvalue weighted by atomic mass is 9.60. The Morgan fingerprint density at radius 1 is 1.16 bits per heavy atom. The first-order chi connectivity index (χ1) is 17.9. The molecule has 0 aromatic heterocycles. The highest BCUT2D eigenvalue weighted by Crippen LogP contribution is 2.58. The Morgan fingerprint density at radius 2 is 1.87 bits per heavy atom.